The zero-order valence-electron chi connectivity index (χ0n) is 8.82. The number of carbonyl (C=O) groups is 1. The lowest BCUT2D eigenvalue weighted by Crippen LogP contribution is -2.22. The average molecular weight is 205 g/mol. The summed E-state index contributed by atoms with van der Waals surface area (Å²) in [7, 11) is 1.59. The second-order valence-corrected chi connectivity index (χ2v) is 3.95. The van der Waals surface area contributed by atoms with Crippen LogP contribution in [0.1, 0.15) is 29.6 Å². The van der Waals surface area contributed by atoms with Crippen molar-refractivity contribution < 1.29 is 9.53 Å². The quantitative estimate of drug-likeness (QED) is 0.608. The topological polar surface area (TPSA) is 52.3 Å². The van der Waals surface area contributed by atoms with Gasteiger partial charge in [0.25, 0.3) is 0 Å². The van der Waals surface area contributed by atoms with Crippen molar-refractivity contribution in [2.24, 2.45) is 5.92 Å². The number of benzene rings is 1. The summed E-state index contributed by atoms with van der Waals surface area (Å²) in [5.74, 6) is 1.03. The summed E-state index contributed by atoms with van der Waals surface area (Å²) in [5, 5.41) is 0. The fourth-order valence-corrected chi connectivity index (χ4v) is 1.77. The molecule has 2 rings (SSSR count). The molecule has 1 aliphatic rings. The number of carbonyl (C=O) groups excluding carboxylic acids is 1. The van der Waals surface area contributed by atoms with E-state index in [1.54, 1.807) is 25.3 Å². The number of ketones is 1. The number of nitrogens with two attached hydrogens (primary N) is 1. The minimum absolute atomic E-state index is 0.164. The van der Waals surface area contributed by atoms with E-state index in [2.05, 4.69) is 0 Å². The molecule has 1 fully saturated rings. The van der Waals surface area contributed by atoms with Gasteiger partial charge in [-0.25, -0.2) is 0 Å². The Hall–Kier alpha value is -1.51. The Labute approximate surface area is 89.2 Å². The second kappa shape index (κ2) is 3.93. The zero-order chi connectivity index (χ0) is 10.8. The number of Topliss-reactive ketones (excluding diaryl/α,β-unsaturated/α-hetero) is 1. The molecule has 0 unspecified atom stereocenters. The SMILES string of the molecule is COc1ccc(N)c(C(=O)C2CCC2)c1. The van der Waals surface area contributed by atoms with Crippen LogP contribution in [-0.2, 0) is 0 Å². The first-order chi connectivity index (χ1) is 7.22. The lowest BCUT2D eigenvalue weighted by atomic mass is 9.79. The van der Waals surface area contributed by atoms with Gasteiger partial charge in [0.05, 0.1) is 7.11 Å². The number of methoxy groups -OCH3 is 1. The Morgan fingerprint density at radius 2 is 2.20 bits per heavy atom. The number of ether oxygens (including phenoxy) is 1. The third-order valence-electron chi connectivity index (χ3n) is 3.00. The van der Waals surface area contributed by atoms with E-state index in [0.29, 0.717) is 17.0 Å². The number of anilines is 1. The zero-order valence-corrected chi connectivity index (χ0v) is 8.82. The molecule has 0 spiro atoms. The molecule has 3 heteroatoms. The van der Waals surface area contributed by atoms with Gasteiger partial charge in [0.2, 0.25) is 0 Å². The van der Waals surface area contributed by atoms with Crippen LogP contribution >= 0.6 is 0 Å². The van der Waals surface area contributed by atoms with Gasteiger partial charge in [-0.2, -0.15) is 0 Å². The molecule has 0 amide bonds. The van der Waals surface area contributed by atoms with Crippen molar-refractivity contribution in [1.29, 1.82) is 0 Å². The van der Waals surface area contributed by atoms with Crippen LogP contribution in [0.2, 0.25) is 0 Å². The van der Waals surface area contributed by atoms with Crippen LogP contribution in [0.5, 0.6) is 5.75 Å². The van der Waals surface area contributed by atoms with Gasteiger partial charge in [0, 0.05) is 17.2 Å². The summed E-state index contributed by atoms with van der Waals surface area (Å²) in [6.07, 6.45) is 3.14. The number of rotatable bonds is 3. The third-order valence-corrected chi connectivity index (χ3v) is 3.00. The van der Waals surface area contributed by atoms with Crippen molar-refractivity contribution >= 4 is 11.5 Å². The van der Waals surface area contributed by atoms with E-state index >= 15 is 0 Å². The minimum atomic E-state index is 0.164. The summed E-state index contributed by atoms with van der Waals surface area (Å²) in [4.78, 5) is 12.0. The summed E-state index contributed by atoms with van der Waals surface area (Å²) >= 11 is 0. The lowest BCUT2D eigenvalue weighted by molar-refractivity contribution is 0.0856. The molecule has 2 N–H and O–H groups in total. The molecule has 15 heavy (non-hydrogen) atoms. The van der Waals surface area contributed by atoms with Crippen molar-refractivity contribution in [1.82, 2.24) is 0 Å². The molecule has 0 atom stereocenters. The Morgan fingerprint density at radius 1 is 1.47 bits per heavy atom. The van der Waals surface area contributed by atoms with Gasteiger partial charge < -0.3 is 10.5 Å². The molecule has 1 aromatic carbocycles. The van der Waals surface area contributed by atoms with Crippen molar-refractivity contribution in [3.63, 3.8) is 0 Å². The normalized spacial score (nSPS) is 15.8. The summed E-state index contributed by atoms with van der Waals surface area (Å²) in [5.41, 5.74) is 6.94. The average Bonchev–Trinajstić information content (AvgIpc) is 2.15. The van der Waals surface area contributed by atoms with E-state index in [1.807, 2.05) is 0 Å². The van der Waals surface area contributed by atoms with Gasteiger partial charge >= 0.3 is 0 Å². The van der Waals surface area contributed by atoms with Crippen LogP contribution in [0, 0.1) is 5.92 Å². The first kappa shape index (κ1) is 10.0. The van der Waals surface area contributed by atoms with Crippen LogP contribution in [0.25, 0.3) is 0 Å². The maximum absolute atomic E-state index is 12.0. The highest BCUT2D eigenvalue weighted by molar-refractivity contribution is 6.03. The monoisotopic (exact) mass is 205 g/mol. The molecule has 0 bridgehead atoms. The molecular weight excluding hydrogens is 190 g/mol. The molecule has 3 nitrogen and oxygen atoms in total. The first-order valence-corrected chi connectivity index (χ1v) is 5.20. The van der Waals surface area contributed by atoms with Gasteiger partial charge in [-0.3, -0.25) is 4.79 Å². The van der Waals surface area contributed by atoms with Crippen molar-refractivity contribution in [2.45, 2.75) is 19.3 Å². The first-order valence-electron chi connectivity index (χ1n) is 5.20. The van der Waals surface area contributed by atoms with E-state index in [9.17, 15) is 4.79 Å². The highest BCUT2D eigenvalue weighted by atomic mass is 16.5. The second-order valence-electron chi connectivity index (χ2n) is 3.95. The van der Waals surface area contributed by atoms with Gasteiger partial charge in [0.15, 0.2) is 5.78 Å². The van der Waals surface area contributed by atoms with Gasteiger partial charge in [-0.15, -0.1) is 0 Å². The highest BCUT2D eigenvalue weighted by Gasteiger charge is 2.27. The van der Waals surface area contributed by atoms with Crippen LogP contribution < -0.4 is 10.5 Å². The Morgan fingerprint density at radius 3 is 2.73 bits per heavy atom. The molecule has 0 saturated heterocycles. The summed E-state index contributed by atoms with van der Waals surface area (Å²) in [6.45, 7) is 0. The maximum atomic E-state index is 12.0. The van der Waals surface area contributed by atoms with Crippen LogP contribution in [0.15, 0.2) is 18.2 Å². The Kier molecular flexibility index (Phi) is 2.62. The van der Waals surface area contributed by atoms with Crippen LogP contribution in [-0.4, -0.2) is 12.9 Å². The lowest BCUT2D eigenvalue weighted by Gasteiger charge is -2.24. The smallest absolute Gasteiger partial charge is 0.168 e. The van der Waals surface area contributed by atoms with Crippen molar-refractivity contribution in [2.75, 3.05) is 12.8 Å². The van der Waals surface area contributed by atoms with E-state index in [-0.39, 0.29) is 11.7 Å². The maximum Gasteiger partial charge on any atom is 0.168 e. The van der Waals surface area contributed by atoms with Gasteiger partial charge in [-0.05, 0) is 31.0 Å². The van der Waals surface area contributed by atoms with Crippen LogP contribution in [0.3, 0.4) is 0 Å². The Balaban J connectivity index is 2.28. The molecule has 1 aliphatic carbocycles. The van der Waals surface area contributed by atoms with E-state index in [4.69, 9.17) is 10.5 Å². The molecule has 0 heterocycles. The number of hydrogen-bond donors (Lipinski definition) is 1. The fraction of sp³-hybridized carbons (Fsp3) is 0.417. The Bertz CT molecular complexity index is 383. The van der Waals surface area contributed by atoms with Crippen molar-refractivity contribution in [3.05, 3.63) is 23.8 Å². The highest BCUT2D eigenvalue weighted by Crippen LogP contribution is 2.32. The van der Waals surface area contributed by atoms with E-state index in [0.717, 1.165) is 19.3 Å². The largest absolute Gasteiger partial charge is 0.497 e. The molecule has 0 radical (unpaired) electrons. The molecule has 80 valence electrons. The van der Waals surface area contributed by atoms with E-state index < -0.39 is 0 Å². The standard InChI is InChI=1S/C12H15NO2/c1-15-9-5-6-11(13)10(7-9)12(14)8-3-2-4-8/h5-8H,2-4,13H2,1H3. The fourth-order valence-electron chi connectivity index (χ4n) is 1.77. The third kappa shape index (κ3) is 1.82. The van der Waals surface area contributed by atoms with E-state index in [1.165, 1.54) is 0 Å². The predicted molar refractivity (Wildman–Crippen MR) is 59.1 cm³/mol. The molecule has 0 aliphatic heterocycles. The molecule has 0 aromatic heterocycles. The van der Waals surface area contributed by atoms with Crippen molar-refractivity contribution in [3.8, 4) is 5.75 Å². The van der Waals surface area contributed by atoms with Gasteiger partial charge in [0.1, 0.15) is 5.75 Å². The predicted octanol–water partition coefficient (Wildman–Crippen LogP) is 2.26. The number of hydrogen-bond acceptors (Lipinski definition) is 3. The number of nitrogen functional groups attached to an aromatic ring is 1. The summed E-state index contributed by atoms with van der Waals surface area (Å²) in [6, 6.07) is 5.23. The van der Waals surface area contributed by atoms with Gasteiger partial charge in [-0.1, -0.05) is 6.42 Å². The molecule has 1 aromatic rings. The minimum Gasteiger partial charge on any atom is -0.497 e. The molecular formula is C12H15NO2. The molecule has 1 saturated carbocycles. The van der Waals surface area contributed by atoms with Crippen LogP contribution in [0.4, 0.5) is 5.69 Å². The summed E-state index contributed by atoms with van der Waals surface area (Å²) < 4.78 is 5.08.